The number of carbonyl (C=O) groups is 2. The molecule has 3 aromatic rings. The van der Waals surface area contributed by atoms with Crippen molar-refractivity contribution >= 4 is 29.3 Å². The van der Waals surface area contributed by atoms with Crippen molar-refractivity contribution in [3.05, 3.63) is 70.4 Å². The topological polar surface area (TPSA) is 84.2 Å². The molecule has 0 aliphatic carbocycles. The number of hydrogen-bond donors (Lipinski definition) is 2. The van der Waals surface area contributed by atoms with E-state index in [1.54, 1.807) is 42.5 Å². The quantitative estimate of drug-likeness (QED) is 0.610. The fraction of sp³-hybridized carbons (Fsp3) is 0.105. The molecule has 0 atom stereocenters. The summed E-state index contributed by atoms with van der Waals surface area (Å²) in [7, 11) is 1.39. The van der Waals surface area contributed by atoms with Gasteiger partial charge in [0.2, 0.25) is 0 Å². The number of aryl methyl sites for hydroxylation is 1. The van der Waals surface area contributed by atoms with Crippen LogP contribution in [0.3, 0.4) is 0 Å². The second kappa shape index (κ2) is 7.92. The van der Waals surface area contributed by atoms with Crippen molar-refractivity contribution in [1.82, 2.24) is 15.1 Å². The first-order valence-corrected chi connectivity index (χ1v) is 8.99. The molecule has 29 heavy (non-hydrogen) atoms. The Hall–Kier alpha value is -3.40. The van der Waals surface area contributed by atoms with E-state index in [-0.39, 0.29) is 11.4 Å². The van der Waals surface area contributed by atoms with Crippen molar-refractivity contribution < 1.29 is 27.9 Å². The molecule has 1 amide bonds. The Balaban J connectivity index is 1.86. The number of carboxylic acid groups (broad SMARTS) is 1. The number of thiophene rings is 1. The van der Waals surface area contributed by atoms with E-state index in [0.717, 1.165) is 22.1 Å². The minimum Gasteiger partial charge on any atom is -0.477 e. The van der Waals surface area contributed by atoms with Gasteiger partial charge < -0.3 is 10.4 Å². The van der Waals surface area contributed by atoms with Crippen LogP contribution < -0.4 is 5.32 Å². The molecule has 2 heterocycles. The number of benzene rings is 1. The van der Waals surface area contributed by atoms with Crippen LogP contribution in [-0.2, 0) is 18.0 Å². The Kier molecular flexibility index (Phi) is 5.55. The van der Waals surface area contributed by atoms with E-state index in [4.69, 9.17) is 0 Å². The van der Waals surface area contributed by atoms with Crippen LogP contribution in [0.15, 0.2) is 54.2 Å². The van der Waals surface area contributed by atoms with E-state index in [2.05, 4.69) is 10.4 Å². The van der Waals surface area contributed by atoms with Crippen LogP contribution in [-0.4, -0.2) is 26.8 Å². The van der Waals surface area contributed by atoms with Crippen LogP contribution in [0.25, 0.3) is 16.6 Å². The molecule has 0 aliphatic rings. The molecule has 0 bridgehead atoms. The number of halogens is 3. The van der Waals surface area contributed by atoms with E-state index in [1.165, 1.54) is 13.1 Å². The van der Waals surface area contributed by atoms with Crippen molar-refractivity contribution in [2.24, 2.45) is 7.05 Å². The SMILES string of the molecule is Cn1nc(C(F)(F)F)cc1-c1ccc(C=C(NC(=O)c2ccccc2)C(=O)O)s1. The first kappa shape index (κ1) is 20.3. The monoisotopic (exact) mass is 421 g/mol. The first-order chi connectivity index (χ1) is 13.6. The van der Waals surface area contributed by atoms with Crippen molar-refractivity contribution in [2.75, 3.05) is 0 Å². The highest BCUT2D eigenvalue weighted by atomic mass is 32.1. The molecule has 0 saturated heterocycles. The summed E-state index contributed by atoms with van der Waals surface area (Å²) >= 11 is 1.07. The molecule has 2 aromatic heterocycles. The number of rotatable bonds is 5. The molecule has 1 aromatic carbocycles. The van der Waals surface area contributed by atoms with Gasteiger partial charge in [-0.25, -0.2) is 4.79 Å². The van der Waals surface area contributed by atoms with Crippen molar-refractivity contribution in [3.8, 4) is 10.6 Å². The van der Waals surface area contributed by atoms with Gasteiger partial charge in [-0.05, 0) is 36.4 Å². The Morgan fingerprint density at radius 1 is 1.17 bits per heavy atom. The van der Waals surface area contributed by atoms with Gasteiger partial charge in [-0.15, -0.1) is 11.3 Å². The normalized spacial score (nSPS) is 12.1. The summed E-state index contributed by atoms with van der Waals surface area (Å²) in [6.07, 6.45) is -3.31. The minimum absolute atomic E-state index is 0.243. The summed E-state index contributed by atoms with van der Waals surface area (Å²) < 4.78 is 39.6. The lowest BCUT2D eigenvalue weighted by molar-refractivity contribution is -0.141. The van der Waals surface area contributed by atoms with Gasteiger partial charge >= 0.3 is 12.1 Å². The second-order valence-electron chi connectivity index (χ2n) is 5.92. The number of nitrogens with one attached hydrogen (secondary N) is 1. The van der Waals surface area contributed by atoms with E-state index in [0.29, 0.717) is 15.3 Å². The molecular weight excluding hydrogens is 407 g/mol. The maximum Gasteiger partial charge on any atom is 0.435 e. The standard InChI is InChI=1S/C19H14F3N3O3S/c1-25-14(10-16(24-25)19(20,21)22)15-8-7-12(29-15)9-13(18(27)28)23-17(26)11-5-3-2-4-6-11/h2-10H,1H3,(H,23,26)(H,27,28). The van der Waals surface area contributed by atoms with Crippen molar-refractivity contribution in [3.63, 3.8) is 0 Å². The summed E-state index contributed by atoms with van der Waals surface area (Å²) in [5, 5.41) is 15.2. The molecule has 150 valence electrons. The maximum atomic E-state index is 12.8. The predicted molar refractivity (Wildman–Crippen MR) is 101 cm³/mol. The second-order valence-corrected chi connectivity index (χ2v) is 7.04. The Morgan fingerprint density at radius 2 is 1.86 bits per heavy atom. The molecule has 0 fully saturated rings. The molecule has 0 radical (unpaired) electrons. The summed E-state index contributed by atoms with van der Waals surface area (Å²) in [5.74, 6) is -1.93. The third kappa shape index (κ3) is 4.72. The first-order valence-electron chi connectivity index (χ1n) is 8.18. The summed E-state index contributed by atoms with van der Waals surface area (Å²) in [6.45, 7) is 0. The predicted octanol–water partition coefficient (Wildman–Crippen LogP) is 4.02. The summed E-state index contributed by atoms with van der Waals surface area (Å²) in [4.78, 5) is 24.6. The summed E-state index contributed by atoms with van der Waals surface area (Å²) in [5.41, 5.74) is -0.830. The fourth-order valence-corrected chi connectivity index (χ4v) is 3.48. The molecule has 2 N–H and O–H groups in total. The van der Waals surface area contributed by atoms with E-state index in [1.807, 2.05) is 0 Å². The lowest BCUT2D eigenvalue weighted by atomic mass is 10.2. The average Bonchev–Trinajstić information content (AvgIpc) is 3.27. The maximum absolute atomic E-state index is 12.8. The van der Waals surface area contributed by atoms with Crippen molar-refractivity contribution in [2.45, 2.75) is 6.18 Å². The van der Waals surface area contributed by atoms with E-state index in [9.17, 15) is 27.9 Å². The van der Waals surface area contributed by atoms with Crippen LogP contribution in [0.1, 0.15) is 20.9 Å². The van der Waals surface area contributed by atoms with Gasteiger partial charge in [0.25, 0.3) is 5.91 Å². The van der Waals surface area contributed by atoms with Gasteiger partial charge in [0.1, 0.15) is 5.70 Å². The molecule has 0 spiro atoms. The number of carbonyl (C=O) groups excluding carboxylic acids is 1. The zero-order chi connectivity index (χ0) is 21.2. The highest BCUT2D eigenvalue weighted by Crippen LogP contribution is 2.34. The smallest absolute Gasteiger partial charge is 0.435 e. The zero-order valence-corrected chi connectivity index (χ0v) is 15.7. The number of carboxylic acids is 1. The number of aliphatic carboxylic acids is 1. The highest BCUT2D eigenvalue weighted by Gasteiger charge is 2.34. The number of alkyl halides is 3. The van der Waals surface area contributed by atoms with Gasteiger partial charge in [-0.1, -0.05) is 18.2 Å². The van der Waals surface area contributed by atoms with Crippen molar-refractivity contribution in [1.29, 1.82) is 0 Å². The largest absolute Gasteiger partial charge is 0.477 e. The van der Waals surface area contributed by atoms with Crippen LogP contribution >= 0.6 is 11.3 Å². The number of aromatic nitrogens is 2. The lowest BCUT2D eigenvalue weighted by Gasteiger charge is -2.05. The van der Waals surface area contributed by atoms with Gasteiger partial charge in [0, 0.05) is 17.5 Å². The Morgan fingerprint density at radius 3 is 2.45 bits per heavy atom. The molecule has 3 rings (SSSR count). The Labute approximate surface area is 166 Å². The highest BCUT2D eigenvalue weighted by molar-refractivity contribution is 7.16. The molecule has 0 unspecified atom stereocenters. The van der Waals surface area contributed by atoms with Crippen LogP contribution in [0.2, 0.25) is 0 Å². The van der Waals surface area contributed by atoms with E-state index >= 15 is 0 Å². The summed E-state index contributed by atoms with van der Waals surface area (Å²) in [6, 6.07) is 12.1. The van der Waals surface area contributed by atoms with E-state index < -0.39 is 23.7 Å². The Bertz CT molecular complexity index is 1090. The third-order valence-electron chi connectivity index (χ3n) is 3.85. The number of amides is 1. The van der Waals surface area contributed by atoms with Crippen LogP contribution in [0, 0.1) is 0 Å². The average molecular weight is 421 g/mol. The van der Waals surface area contributed by atoms with Gasteiger partial charge in [-0.3, -0.25) is 9.48 Å². The molecular formula is C19H14F3N3O3S. The van der Waals surface area contributed by atoms with Crippen LogP contribution in [0.5, 0.6) is 0 Å². The van der Waals surface area contributed by atoms with Gasteiger partial charge in [-0.2, -0.15) is 18.3 Å². The zero-order valence-electron chi connectivity index (χ0n) is 14.9. The number of nitrogens with zero attached hydrogens (tertiary/aromatic N) is 2. The molecule has 10 heteroatoms. The third-order valence-corrected chi connectivity index (χ3v) is 4.91. The van der Waals surface area contributed by atoms with Crippen LogP contribution in [0.4, 0.5) is 13.2 Å². The number of hydrogen-bond acceptors (Lipinski definition) is 4. The molecule has 0 saturated carbocycles. The van der Waals surface area contributed by atoms with Gasteiger partial charge in [0.15, 0.2) is 5.69 Å². The molecule has 0 aliphatic heterocycles. The van der Waals surface area contributed by atoms with Gasteiger partial charge in [0.05, 0.1) is 10.6 Å². The minimum atomic E-state index is -4.56. The molecule has 6 nitrogen and oxygen atoms in total. The lowest BCUT2D eigenvalue weighted by Crippen LogP contribution is -2.27. The fourth-order valence-electron chi connectivity index (χ4n) is 2.48.